The molecule has 0 atom stereocenters. The molecule has 0 spiro atoms. The first-order valence-corrected chi connectivity index (χ1v) is 8.43. The van der Waals surface area contributed by atoms with Crippen LogP contribution >= 0.6 is 27.5 Å². The molecule has 0 bridgehead atoms. The zero-order chi connectivity index (χ0) is 15.4. The smallest absolute Gasteiger partial charge is 0.119 e. The van der Waals surface area contributed by atoms with Crippen molar-refractivity contribution in [2.45, 2.75) is 39.1 Å². The normalized spacial score (nSPS) is 10.9. The van der Waals surface area contributed by atoms with E-state index in [2.05, 4.69) is 34.5 Å². The monoisotopic (exact) mass is 370 g/mol. The van der Waals surface area contributed by atoms with E-state index < -0.39 is 0 Å². The fourth-order valence-corrected chi connectivity index (χ4v) is 3.19. The van der Waals surface area contributed by atoms with Gasteiger partial charge in [0.25, 0.3) is 0 Å². The van der Waals surface area contributed by atoms with Crippen molar-refractivity contribution in [3.8, 4) is 5.75 Å². The van der Waals surface area contributed by atoms with Gasteiger partial charge in [-0.3, -0.25) is 4.68 Å². The van der Waals surface area contributed by atoms with Gasteiger partial charge < -0.3 is 4.74 Å². The first-order chi connectivity index (χ1) is 10.1. The Bertz CT molecular complexity index is 625. The molecule has 0 aliphatic heterocycles. The number of aryl methyl sites for hydroxylation is 1. The zero-order valence-corrected chi connectivity index (χ0v) is 15.0. The summed E-state index contributed by atoms with van der Waals surface area (Å²) in [6, 6.07) is 5.99. The molecule has 1 aromatic heterocycles. The van der Waals surface area contributed by atoms with Gasteiger partial charge in [-0.2, -0.15) is 5.10 Å². The predicted molar refractivity (Wildman–Crippen MR) is 90.3 cm³/mol. The van der Waals surface area contributed by atoms with Crippen LogP contribution in [-0.2, 0) is 25.3 Å². The van der Waals surface area contributed by atoms with Gasteiger partial charge in [-0.1, -0.05) is 29.8 Å². The maximum absolute atomic E-state index is 6.11. The number of halogens is 2. The minimum Gasteiger partial charge on any atom is -0.497 e. The van der Waals surface area contributed by atoms with Crippen molar-refractivity contribution in [3.63, 3.8) is 0 Å². The maximum atomic E-state index is 6.11. The van der Waals surface area contributed by atoms with Crippen molar-refractivity contribution in [2.75, 3.05) is 7.11 Å². The van der Waals surface area contributed by atoms with Gasteiger partial charge in [0.05, 0.1) is 25.2 Å². The molecule has 1 heterocycles. The van der Waals surface area contributed by atoms with Gasteiger partial charge in [-0.15, -0.1) is 11.6 Å². The molecule has 0 aliphatic carbocycles. The van der Waals surface area contributed by atoms with Crippen LogP contribution in [0.2, 0.25) is 0 Å². The predicted octanol–water partition coefficient (Wildman–Crippen LogP) is 4.57. The highest BCUT2D eigenvalue weighted by Crippen LogP contribution is 2.25. The summed E-state index contributed by atoms with van der Waals surface area (Å²) < 4.78 is 8.43. The Morgan fingerprint density at radius 2 is 2.05 bits per heavy atom. The Hall–Kier alpha value is -1.000. The topological polar surface area (TPSA) is 27.1 Å². The van der Waals surface area contributed by atoms with Crippen molar-refractivity contribution in [1.29, 1.82) is 0 Å². The van der Waals surface area contributed by atoms with Crippen molar-refractivity contribution in [2.24, 2.45) is 0 Å². The van der Waals surface area contributed by atoms with Crippen LogP contribution in [0.5, 0.6) is 5.75 Å². The van der Waals surface area contributed by atoms with E-state index in [1.54, 1.807) is 7.11 Å². The highest BCUT2D eigenvalue weighted by atomic mass is 79.9. The Kier molecular flexibility index (Phi) is 5.71. The number of alkyl halides is 1. The third-order valence-corrected chi connectivity index (χ3v) is 4.67. The van der Waals surface area contributed by atoms with Crippen LogP contribution < -0.4 is 4.74 Å². The number of aromatic nitrogens is 2. The fourth-order valence-electron chi connectivity index (χ4n) is 2.51. The molecular formula is C16H20BrClN2O. The lowest BCUT2D eigenvalue weighted by Crippen LogP contribution is -2.07. The van der Waals surface area contributed by atoms with Crippen molar-refractivity contribution < 1.29 is 4.74 Å². The third-order valence-electron chi connectivity index (χ3n) is 3.63. The van der Waals surface area contributed by atoms with Gasteiger partial charge in [0.2, 0.25) is 0 Å². The lowest BCUT2D eigenvalue weighted by molar-refractivity contribution is 0.414. The van der Waals surface area contributed by atoms with Gasteiger partial charge in [-0.05, 0) is 36.6 Å². The van der Waals surface area contributed by atoms with E-state index in [0.717, 1.165) is 34.3 Å². The number of hydrogen-bond acceptors (Lipinski definition) is 2. The van der Waals surface area contributed by atoms with E-state index >= 15 is 0 Å². The molecule has 0 N–H and O–H groups in total. The number of hydrogen-bond donors (Lipinski definition) is 0. The molecule has 5 heteroatoms. The largest absolute Gasteiger partial charge is 0.497 e. The van der Waals surface area contributed by atoms with Crippen molar-refractivity contribution in [3.05, 3.63) is 45.2 Å². The summed E-state index contributed by atoms with van der Waals surface area (Å²) in [5.41, 5.74) is 4.65. The molecule has 0 unspecified atom stereocenters. The Morgan fingerprint density at radius 1 is 1.29 bits per heavy atom. The molecule has 2 rings (SSSR count). The van der Waals surface area contributed by atoms with Crippen molar-refractivity contribution >= 4 is 27.5 Å². The summed E-state index contributed by atoms with van der Waals surface area (Å²) in [5, 5.41) is 4.73. The van der Waals surface area contributed by atoms with Crippen LogP contribution in [0.15, 0.2) is 22.7 Å². The van der Waals surface area contributed by atoms with Crippen molar-refractivity contribution in [1.82, 2.24) is 9.78 Å². The van der Waals surface area contributed by atoms with Crippen LogP contribution in [0, 0.1) is 0 Å². The number of ether oxygens (including phenoxy) is 1. The van der Waals surface area contributed by atoms with Gasteiger partial charge in [0.1, 0.15) is 5.75 Å². The second kappa shape index (κ2) is 7.32. The lowest BCUT2D eigenvalue weighted by Gasteiger charge is -2.10. The number of methoxy groups -OCH3 is 1. The standard InChI is InChI=1S/C16H20BrClN2O/c1-4-15-13(9-18)16(5-2)20(19-15)10-11-8-12(21-3)6-7-14(11)17/h6-8H,4-5,9-10H2,1-3H3. The van der Waals surface area contributed by atoms with Gasteiger partial charge >= 0.3 is 0 Å². The summed E-state index contributed by atoms with van der Waals surface area (Å²) in [6.07, 6.45) is 1.83. The van der Waals surface area contributed by atoms with Gasteiger partial charge in [-0.25, -0.2) is 0 Å². The van der Waals surface area contributed by atoms with Crippen LogP contribution in [-0.4, -0.2) is 16.9 Å². The molecule has 0 fully saturated rings. The summed E-state index contributed by atoms with van der Waals surface area (Å²) >= 11 is 9.71. The minimum absolute atomic E-state index is 0.519. The second-order valence-electron chi connectivity index (χ2n) is 4.83. The lowest BCUT2D eigenvalue weighted by atomic mass is 10.1. The molecule has 0 saturated carbocycles. The average Bonchev–Trinajstić information content (AvgIpc) is 2.85. The number of benzene rings is 1. The quantitative estimate of drug-likeness (QED) is 0.696. The van der Waals surface area contributed by atoms with Gasteiger partial charge in [0.15, 0.2) is 0 Å². The van der Waals surface area contributed by atoms with Crippen LogP contribution in [0.1, 0.15) is 36.4 Å². The first kappa shape index (κ1) is 16.4. The molecule has 21 heavy (non-hydrogen) atoms. The molecular weight excluding hydrogens is 352 g/mol. The Balaban J connectivity index is 2.41. The summed E-state index contributed by atoms with van der Waals surface area (Å²) in [5.74, 6) is 1.37. The highest BCUT2D eigenvalue weighted by molar-refractivity contribution is 9.10. The summed E-state index contributed by atoms with van der Waals surface area (Å²) in [7, 11) is 1.68. The SMILES string of the molecule is CCc1nn(Cc2cc(OC)ccc2Br)c(CC)c1CCl. The molecule has 2 aromatic rings. The molecule has 0 amide bonds. The molecule has 3 nitrogen and oxygen atoms in total. The number of rotatable bonds is 6. The van der Waals surface area contributed by atoms with Crippen LogP contribution in [0.3, 0.4) is 0 Å². The minimum atomic E-state index is 0.519. The molecule has 1 aromatic carbocycles. The van der Waals surface area contributed by atoms with Gasteiger partial charge in [0, 0.05) is 15.7 Å². The van der Waals surface area contributed by atoms with E-state index in [0.29, 0.717) is 12.4 Å². The third kappa shape index (κ3) is 3.43. The molecule has 114 valence electrons. The average molecular weight is 372 g/mol. The Labute approximate surface area is 139 Å². The van der Waals surface area contributed by atoms with Crippen LogP contribution in [0.25, 0.3) is 0 Å². The molecule has 0 radical (unpaired) electrons. The number of nitrogens with zero attached hydrogens (tertiary/aromatic N) is 2. The molecule has 0 saturated heterocycles. The Morgan fingerprint density at radius 3 is 2.62 bits per heavy atom. The first-order valence-electron chi connectivity index (χ1n) is 7.10. The van der Waals surface area contributed by atoms with Crippen LogP contribution in [0.4, 0.5) is 0 Å². The van der Waals surface area contributed by atoms with E-state index in [9.17, 15) is 0 Å². The summed E-state index contributed by atoms with van der Waals surface area (Å²) in [4.78, 5) is 0. The zero-order valence-electron chi connectivity index (χ0n) is 12.6. The van der Waals surface area contributed by atoms with E-state index in [4.69, 9.17) is 21.4 Å². The van der Waals surface area contributed by atoms with E-state index in [1.165, 1.54) is 11.3 Å². The fraction of sp³-hybridized carbons (Fsp3) is 0.438. The second-order valence-corrected chi connectivity index (χ2v) is 5.95. The maximum Gasteiger partial charge on any atom is 0.119 e. The van der Waals surface area contributed by atoms with E-state index in [-0.39, 0.29) is 0 Å². The summed E-state index contributed by atoms with van der Waals surface area (Å²) in [6.45, 7) is 4.97. The molecule has 0 aliphatic rings. The van der Waals surface area contributed by atoms with E-state index in [1.807, 2.05) is 18.2 Å². The highest BCUT2D eigenvalue weighted by Gasteiger charge is 2.15.